The van der Waals surface area contributed by atoms with Crippen molar-refractivity contribution in [2.45, 2.75) is 13.3 Å². The smallest absolute Gasteiger partial charge is 0.308 e. The number of methoxy groups -OCH3 is 1. The Morgan fingerprint density at radius 3 is 2.54 bits per heavy atom. The van der Waals surface area contributed by atoms with Crippen molar-refractivity contribution >= 4 is 12.0 Å². The van der Waals surface area contributed by atoms with Crippen LogP contribution in [0.15, 0.2) is 42.5 Å². The molecule has 2 aromatic carbocycles. The van der Waals surface area contributed by atoms with Gasteiger partial charge >= 0.3 is 5.97 Å². The zero-order valence-corrected chi connectivity index (χ0v) is 13.6. The quantitative estimate of drug-likeness (QED) is 0.621. The van der Waals surface area contributed by atoms with Gasteiger partial charge in [-0.1, -0.05) is 24.3 Å². The first-order valence-corrected chi connectivity index (χ1v) is 7.57. The van der Waals surface area contributed by atoms with Crippen LogP contribution in [0.1, 0.15) is 18.1 Å². The van der Waals surface area contributed by atoms with Gasteiger partial charge in [0.05, 0.1) is 7.11 Å². The SMILES string of the molecule is COc1ccc(/C=C\Cc2cc3c(cc2OC(C)=O)OCO3)cc1. The standard InChI is InChI=1S/C19H18O5/c1-13(20)24-17-11-19-18(22-12-23-19)10-15(17)5-3-4-14-6-8-16(21-2)9-7-14/h3-4,6-11H,5,12H2,1-2H3/b4-3-. The Morgan fingerprint density at radius 2 is 1.88 bits per heavy atom. The van der Waals surface area contributed by atoms with Gasteiger partial charge in [-0.15, -0.1) is 0 Å². The van der Waals surface area contributed by atoms with Crippen molar-refractivity contribution in [3.8, 4) is 23.0 Å². The van der Waals surface area contributed by atoms with Crippen LogP contribution in [0.3, 0.4) is 0 Å². The van der Waals surface area contributed by atoms with E-state index < -0.39 is 0 Å². The number of carbonyl (C=O) groups is 1. The van der Waals surface area contributed by atoms with E-state index in [1.165, 1.54) is 6.92 Å². The Morgan fingerprint density at radius 1 is 1.17 bits per heavy atom. The molecule has 24 heavy (non-hydrogen) atoms. The molecule has 0 fully saturated rings. The molecule has 1 aliphatic heterocycles. The van der Waals surface area contributed by atoms with E-state index >= 15 is 0 Å². The van der Waals surface area contributed by atoms with Crippen LogP contribution in [0.5, 0.6) is 23.0 Å². The van der Waals surface area contributed by atoms with Gasteiger partial charge in [0, 0.05) is 18.6 Å². The molecular formula is C19H18O5. The fourth-order valence-electron chi connectivity index (χ4n) is 2.41. The van der Waals surface area contributed by atoms with Crippen LogP contribution < -0.4 is 18.9 Å². The molecular weight excluding hydrogens is 308 g/mol. The first-order chi connectivity index (χ1) is 11.7. The summed E-state index contributed by atoms with van der Waals surface area (Å²) < 4.78 is 21.1. The number of rotatable bonds is 5. The van der Waals surface area contributed by atoms with Crippen LogP contribution in [0.25, 0.3) is 6.08 Å². The van der Waals surface area contributed by atoms with Crippen LogP contribution >= 0.6 is 0 Å². The van der Waals surface area contributed by atoms with Crippen LogP contribution in [0, 0.1) is 0 Å². The van der Waals surface area contributed by atoms with Gasteiger partial charge in [-0.2, -0.15) is 0 Å². The van der Waals surface area contributed by atoms with Gasteiger partial charge in [0.25, 0.3) is 0 Å². The minimum absolute atomic E-state index is 0.181. The molecule has 0 bridgehead atoms. The highest BCUT2D eigenvalue weighted by atomic mass is 16.7. The number of carbonyl (C=O) groups excluding carboxylic acids is 1. The van der Waals surface area contributed by atoms with E-state index in [1.54, 1.807) is 13.2 Å². The Bertz CT molecular complexity index is 762. The monoisotopic (exact) mass is 326 g/mol. The highest BCUT2D eigenvalue weighted by Gasteiger charge is 2.18. The Hall–Kier alpha value is -2.95. The van der Waals surface area contributed by atoms with Crippen LogP contribution in [-0.4, -0.2) is 19.9 Å². The number of benzene rings is 2. The summed E-state index contributed by atoms with van der Waals surface area (Å²) in [5.41, 5.74) is 1.92. The zero-order valence-electron chi connectivity index (χ0n) is 13.6. The van der Waals surface area contributed by atoms with Gasteiger partial charge in [0.1, 0.15) is 11.5 Å². The summed E-state index contributed by atoms with van der Waals surface area (Å²) in [6.45, 7) is 1.56. The summed E-state index contributed by atoms with van der Waals surface area (Å²) in [5.74, 6) is 2.20. The van der Waals surface area contributed by atoms with Crippen molar-refractivity contribution in [3.05, 3.63) is 53.6 Å². The molecule has 0 saturated carbocycles. The highest BCUT2D eigenvalue weighted by Crippen LogP contribution is 2.38. The highest BCUT2D eigenvalue weighted by molar-refractivity contribution is 5.70. The van der Waals surface area contributed by atoms with E-state index in [2.05, 4.69) is 0 Å². The van der Waals surface area contributed by atoms with E-state index in [0.717, 1.165) is 16.9 Å². The molecule has 3 rings (SSSR count). The predicted octanol–water partition coefficient (Wildman–Crippen LogP) is 3.61. The number of ether oxygens (including phenoxy) is 4. The minimum atomic E-state index is -0.366. The van der Waals surface area contributed by atoms with E-state index in [-0.39, 0.29) is 12.8 Å². The summed E-state index contributed by atoms with van der Waals surface area (Å²) in [4.78, 5) is 11.3. The predicted molar refractivity (Wildman–Crippen MR) is 89.6 cm³/mol. The maximum Gasteiger partial charge on any atom is 0.308 e. The van der Waals surface area contributed by atoms with Crippen LogP contribution in [0.4, 0.5) is 0 Å². The van der Waals surface area contributed by atoms with E-state index in [4.69, 9.17) is 18.9 Å². The van der Waals surface area contributed by atoms with Gasteiger partial charge in [-0.05, 0) is 30.2 Å². The summed E-state index contributed by atoms with van der Waals surface area (Å²) in [7, 11) is 1.64. The largest absolute Gasteiger partial charge is 0.497 e. The lowest BCUT2D eigenvalue weighted by atomic mass is 10.1. The van der Waals surface area contributed by atoms with Crippen LogP contribution in [0.2, 0.25) is 0 Å². The second-order valence-corrected chi connectivity index (χ2v) is 5.29. The first kappa shape index (κ1) is 15.9. The van der Waals surface area contributed by atoms with Crippen molar-refractivity contribution in [1.82, 2.24) is 0 Å². The summed E-state index contributed by atoms with van der Waals surface area (Å²) >= 11 is 0. The Balaban J connectivity index is 1.77. The molecule has 0 aromatic heterocycles. The molecule has 5 heteroatoms. The van der Waals surface area contributed by atoms with Gasteiger partial charge in [0.15, 0.2) is 11.5 Å². The average molecular weight is 326 g/mol. The molecule has 1 aliphatic rings. The molecule has 124 valence electrons. The summed E-state index contributed by atoms with van der Waals surface area (Å²) in [6.07, 6.45) is 4.61. The van der Waals surface area contributed by atoms with Crippen LogP contribution in [-0.2, 0) is 11.2 Å². The third-order valence-corrected chi connectivity index (χ3v) is 3.57. The second kappa shape index (κ2) is 7.08. The fraction of sp³-hybridized carbons (Fsp3) is 0.211. The molecule has 2 aromatic rings. The van der Waals surface area contributed by atoms with Crippen molar-refractivity contribution in [3.63, 3.8) is 0 Å². The maximum absolute atomic E-state index is 11.3. The number of hydrogen-bond donors (Lipinski definition) is 0. The second-order valence-electron chi connectivity index (χ2n) is 5.29. The van der Waals surface area contributed by atoms with Gasteiger partial charge < -0.3 is 18.9 Å². The molecule has 0 N–H and O–H groups in total. The molecule has 0 radical (unpaired) electrons. The molecule has 0 amide bonds. The van der Waals surface area contributed by atoms with E-state index in [1.807, 2.05) is 42.5 Å². The third-order valence-electron chi connectivity index (χ3n) is 3.57. The molecule has 5 nitrogen and oxygen atoms in total. The van der Waals surface area contributed by atoms with Gasteiger partial charge in [-0.3, -0.25) is 4.79 Å². The maximum atomic E-state index is 11.3. The zero-order chi connectivity index (χ0) is 16.9. The lowest BCUT2D eigenvalue weighted by Crippen LogP contribution is -2.03. The molecule has 0 unspecified atom stereocenters. The number of allylic oxidation sites excluding steroid dienone is 1. The lowest BCUT2D eigenvalue weighted by molar-refractivity contribution is -0.131. The van der Waals surface area contributed by atoms with Crippen molar-refractivity contribution < 1.29 is 23.7 Å². The van der Waals surface area contributed by atoms with Crippen molar-refractivity contribution in [2.24, 2.45) is 0 Å². The average Bonchev–Trinajstić information content (AvgIpc) is 3.02. The minimum Gasteiger partial charge on any atom is -0.497 e. The fourth-order valence-corrected chi connectivity index (χ4v) is 2.41. The number of fused-ring (bicyclic) bond motifs is 1. The molecule has 0 spiro atoms. The number of esters is 1. The molecule has 0 saturated heterocycles. The Kier molecular flexibility index (Phi) is 4.70. The van der Waals surface area contributed by atoms with Crippen molar-refractivity contribution in [2.75, 3.05) is 13.9 Å². The first-order valence-electron chi connectivity index (χ1n) is 7.57. The Labute approximate surface area is 140 Å². The molecule has 1 heterocycles. The molecule has 0 atom stereocenters. The lowest BCUT2D eigenvalue weighted by Gasteiger charge is -2.09. The third kappa shape index (κ3) is 3.68. The molecule has 0 aliphatic carbocycles. The van der Waals surface area contributed by atoms with E-state index in [9.17, 15) is 4.79 Å². The number of hydrogen-bond acceptors (Lipinski definition) is 5. The summed E-state index contributed by atoms with van der Waals surface area (Å²) in [5, 5.41) is 0. The van der Waals surface area contributed by atoms with Crippen molar-refractivity contribution in [1.29, 1.82) is 0 Å². The van der Waals surface area contributed by atoms with Gasteiger partial charge in [0.2, 0.25) is 6.79 Å². The van der Waals surface area contributed by atoms with Gasteiger partial charge in [-0.25, -0.2) is 0 Å². The normalized spacial score (nSPS) is 12.4. The topological polar surface area (TPSA) is 54.0 Å². The summed E-state index contributed by atoms with van der Waals surface area (Å²) in [6, 6.07) is 11.3. The van der Waals surface area contributed by atoms with E-state index in [0.29, 0.717) is 23.7 Å².